The van der Waals surface area contributed by atoms with Crippen LogP contribution in [0.4, 0.5) is 5.69 Å². The summed E-state index contributed by atoms with van der Waals surface area (Å²) in [5.74, 6) is 0.647. The highest BCUT2D eigenvalue weighted by Gasteiger charge is 2.19. The third kappa shape index (κ3) is 1.86. The molecule has 1 heterocycles. The summed E-state index contributed by atoms with van der Waals surface area (Å²) in [6, 6.07) is 4.66. The fourth-order valence-corrected chi connectivity index (χ4v) is 2.10. The van der Waals surface area contributed by atoms with Gasteiger partial charge in [-0.2, -0.15) is 0 Å². The van der Waals surface area contributed by atoms with Crippen molar-refractivity contribution in [3.8, 4) is 0 Å². The number of benzene rings is 1. The molecule has 6 nitrogen and oxygen atoms in total. The Bertz CT molecular complexity index is 526. The van der Waals surface area contributed by atoms with Crippen LogP contribution in [0.2, 0.25) is 0 Å². The van der Waals surface area contributed by atoms with Gasteiger partial charge in [-0.05, 0) is 6.07 Å². The minimum atomic E-state index is -0.438. The van der Waals surface area contributed by atoms with Crippen LogP contribution < -0.4 is 5.73 Å². The van der Waals surface area contributed by atoms with Crippen molar-refractivity contribution < 1.29 is 9.45 Å². The van der Waals surface area contributed by atoms with Gasteiger partial charge in [-0.1, -0.05) is 11.2 Å². The molecule has 0 saturated heterocycles. The van der Waals surface area contributed by atoms with Gasteiger partial charge in [0, 0.05) is 18.4 Å². The van der Waals surface area contributed by atoms with Crippen LogP contribution in [0.5, 0.6) is 0 Å². The number of aromatic nitrogens is 1. The second-order valence-corrected chi connectivity index (χ2v) is 4.12. The highest BCUT2D eigenvalue weighted by atomic mass is 32.2. The predicted molar refractivity (Wildman–Crippen MR) is 60.4 cm³/mol. The summed E-state index contributed by atoms with van der Waals surface area (Å²) in [5.41, 5.74) is 5.81. The van der Waals surface area contributed by atoms with Gasteiger partial charge in [0.25, 0.3) is 5.69 Å². The van der Waals surface area contributed by atoms with E-state index in [1.807, 2.05) is 0 Å². The van der Waals surface area contributed by atoms with Gasteiger partial charge in [0.1, 0.15) is 5.39 Å². The number of nitrogens with two attached hydrogens (primary N) is 1. The summed E-state index contributed by atoms with van der Waals surface area (Å²) in [6.45, 7) is 0.486. The predicted octanol–water partition coefficient (Wildman–Crippen LogP) is 1.79. The van der Waals surface area contributed by atoms with E-state index in [2.05, 4.69) is 5.16 Å². The van der Waals surface area contributed by atoms with E-state index in [-0.39, 0.29) is 5.69 Å². The second kappa shape index (κ2) is 4.50. The third-order valence-electron chi connectivity index (χ3n) is 2.00. The first-order valence-electron chi connectivity index (χ1n) is 4.59. The SMILES string of the molecule is NCCSc1noc2cccc([N+](=O)[O-])c12. The number of nitrogens with zero attached hydrogens (tertiary/aromatic N) is 2. The van der Waals surface area contributed by atoms with Crippen LogP contribution in [0.3, 0.4) is 0 Å². The Morgan fingerprint density at radius 1 is 1.56 bits per heavy atom. The number of rotatable bonds is 4. The zero-order valence-corrected chi connectivity index (χ0v) is 9.07. The van der Waals surface area contributed by atoms with Gasteiger partial charge in [0.2, 0.25) is 0 Å². The summed E-state index contributed by atoms with van der Waals surface area (Å²) in [7, 11) is 0. The quantitative estimate of drug-likeness (QED) is 0.496. The Labute approximate surface area is 94.9 Å². The lowest BCUT2D eigenvalue weighted by atomic mass is 10.2. The Kier molecular flexibility index (Phi) is 3.07. The van der Waals surface area contributed by atoms with Crippen molar-refractivity contribution in [1.29, 1.82) is 0 Å². The van der Waals surface area contributed by atoms with Crippen LogP contribution in [-0.4, -0.2) is 22.4 Å². The lowest BCUT2D eigenvalue weighted by molar-refractivity contribution is -0.383. The lowest BCUT2D eigenvalue weighted by Crippen LogP contribution is -2.01. The van der Waals surface area contributed by atoms with Gasteiger partial charge in [-0.15, -0.1) is 11.8 Å². The monoisotopic (exact) mass is 239 g/mol. The zero-order valence-electron chi connectivity index (χ0n) is 8.25. The summed E-state index contributed by atoms with van der Waals surface area (Å²) in [6.07, 6.45) is 0. The summed E-state index contributed by atoms with van der Waals surface area (Å²) >= 11 is 1.35. The molecule has 0 amide bonds. The highest BCUT2D eigenvalue weighted by Crippen LogP contribution is 2.33. The molecule has 0 atom stereocenters. The Morgan fingerprint density at radius 2 is 2.38 bits per heavy atom. The molecule has 0 radical (unpaired) electrons. The van der Waals surface area contributed by atoms with Gasteiger partial charge < -0.3 is 10.3 Å². The number of thioether (sulfide) groups is 1. The van der Waals surface area contributed by atoms with Crippen molar-refractivity contribution in [2.45, 2.75) is 5.03 Å². The van der Waals surface area contributed by atoms with E-state index in [0.29, 0.717) is 28.3 Å². The van der Waals surface area contributed by atoms with Crippen LogP contribution in [0.1, 0.15) is 0 Å². The molecule has 1 aromatic heterocycles. The van der Waals surface area contributed by atoms with E-state index in [4.69, 9.17) is 10.3 Å². The molecule has 0 saturated carbocycles. The molecule has 84 valence electrons. The van der Waals surface area contributed by atoms with Gasteiger partial charge in [0.05, 0.1) is 4.92 Å². The van der Waals surface area contributed by atoms with E-state index in [0.717, 1.165) is 0 Å². The van der Waals surface area contributed by atoms with Gasteiger partial charge in [0.15, 0.2) is 10.6 Å². The molecule has 2 rings (SSSR count). The Morgan fingerprint density at radius 3 is 3.06 bits per heavy atom. The van der Waals surface area contributed by atoms with E-state index in [1.165, 1.54) is 17.8 Å². The maximum atomic E-state index is 10.8. The molecule has 0 fully saturated rings. The molecule has 0 spiro atoms. The molecule has 2 aromatic rings. The van der Waals surface area contributed by atoms with Crippen molar-refractivity contribution in [3.63, 3.8) is 0 Å². The van der Waals surface area contributed by atoms with Crippen molar-refractivity contribution in [2.24, 2.45) is 5.73 Å². The van der Waals surface area contributed by atoms with Gasteiger partial charge in [-0.3, -0.25) is 10.1 Å². The molecule has 0 aliphatic carbocycles. The van der Waals surface area contributed by atoms with Crippen LogP contribution in [0.15, 0.2) is 27.7 Å². The van der Waals surface area contributed by atoms with Crippen molar-refractivity contribution in [3.05, 3.63) is 28.3 Å². The average Bonchev–Trinajstić information content (AvgIpc) is 2.69. The first-order valence-corrected chi connectivity index (χ1v) is 5.58. The number of nitro groups is 1. The number of non-ortho nitro benzene ring substituents is 1. The van der Waals surface area contributed by atoms with Gasteiger partial charge >= 0.3 is 0 Å². The number of hydrogen-bond donors (Lipinski definition) is 1. The van der Waals surface area contributed by atoms with Crippen molar-refractivity contribution in [2.75, 3.05) is 12.3 Å². The largest absolute Gasteiger partial charge is 0.355 e. The maximum absolute atomic E-state index is 10.8. The summed E-state index contributed by atoms with van der Waals surface area (Å²) < 4.78 is 5.02. The summed E-state index contributed by atoms with van der Waals surface area (Å²) in [4.78, 5) is 10.4. The molecule has 16 heavy (non-hydrogen) atoms. The van der Waals surface area contributed by atoms with Gasteiger partial charge in [-0.25, -0.2) is 0 Å². The molecule has 0 bridgehead atoms. The normalized spacial score (nSPS) is 10.8. The smallest absolute Gasteiger partial charge is 0.283 e. The molecule has 2 N–H and O–H groups in total. The molecule has 0 aliphatic rings. The van der Waals surface area contributed by atoms with Crippen LogP contribution in [0, 0.1) is 10.1 Å². The van der Waals surface area contributed by atoms with E-state index >= 15 is 0 Å². The fraction of sp³-hybridized carbons (Fsp3) is 0.222. The first kappa shape index (κ1) is 10.9. The van der Waals surface area contributed by atoms with E-state index in [9.17, 15) is 10.1 Å². The average molecular weight is 239 g/mol. The molecule has 0 aliphatic heterocycles. The molecular weight excluding hydrogens is 230 g/mol. The summed E-state index contributed by atoms with van der Waals surface area (Å²) in [5, 5.41) is 15.6. The standard InChI is InChI=1S/C9H9N3O3S/c10-4-5-16-9-8-6(12(13)14)2-1-3-7(8)15-11-9/h1-3H,4-5,10H2. The van der Waals surface area contributed by atoms with Crippen molar-refractivity contribution in [1.82, 2.24) is 5.16 Å². The van der Waals surface area contributed by atoms with Crippen LogP contribution >= 0.6 is 11.8 Å². The van der Waals surface area contributed by atoms with Crippen LogP contribution in [-0.2, 0) is 0 Å². The third-order valence-corrected chi connectivity index (χ3v) is 2.99. The highest BCUT2D eigenvalue weighted by molar-refractivity contribution is 7.99. The van der Waals surface area contributed by atoms with Crippen LogP contribution in [0.25, 0.3) is 11.0 Å². The fourth-order valence-electron chi connectivity index (χ4n) is 1.35. The second-order valence-electron chi connectivity index (χ2n) is 3.03. The molecular formula is C9H9N3O3S. The van der Waals surface area contributed by atoms with Crippen molar-refractivity contribution >= 4 is 28.4 Å². The van der Waals surface area contributed by atoms with E-state index < -0.39 is 4.92 Å². The Hall–Kier alpha value is -1.60. The first-order chi connectivity index (χ1) is 7.74. The molecule has 1 aromatic carbocycles. The topological polar surface area (TPSA) is 95.2 Å². The lowest BCUT2D eigenvalue weighted by Gasteiger charge is -1.95. The molecule has 7 heteroatoms. The zero-order chi connectivity index (χ0) is 11.5. The molecule has 0 unspecified atom stereocenters. The number of nitro benzene ring substituents is 1. The minimum absolute atomic E-state index is 0.0123. The number of fused-ring (bicyclic) bond motifs is 1. The number of hydrogen-bond acceptors (Lipinski definition) is 6. The minimum Gasteiger partial charge on any atom is -0.355 e. The Balaban J connectivity index is 2.54. The maximum Gasteiger partial charge on any atom is 0.283 e. The van der Waals surface area contributed by atoms with E-state index in [1.54, 1.807) is 12.1 Å².